The van der Waals surface area contributed by atoms with Gasteiger partial charge in [-0.05, 0) is 12.8 Å². The molecule has 1 saturated carbocycles. The van der Waals surface area contributed by atoms with Crippen molar-refractivity contribution in [1.29, 1.82) is 0 Å². The van der Waals surface area contributed by atoms with E-state index in [9.17, 15) is 15.0 Å². The van der Waals surface area contributed by atoms with Crippen LogP contribution < -0.4 is 0 Å². The molecule has 0 aromatic carbocycles. The van der Waals surface area contributed by atoms with Gasteiger partial charge < -0.3 is 15.3 Å². The van der Waals surface area contributed by atoms with Crippen molar-refractivity contribution in [2.24, 2.45) is 5.92 Å². The summed E-state index contributed by atoms with van der Waals surface area (Å²) in [5.74, 6) is -1.08. The maximum absolute atomic E-state index is 10.8. The highest BCUT2D eigenvalue weighted by Crippen LogP contribution is 2.34. The van der Waals surface area contributed by atoms with Crippen LogP contribution in [0.15, 0.2) is 0 Å². The summed E-state index contributed by atoms with van der Waals surface area (Å²) < 4.78 is 0. The lowest BCUT2D eigenvalue weighted by Gasteiger charge is -2.40. The summed E-state index contributed by atoms with van der Waals surface area (Å²) in [5, 5.41) is 27.5. The predicted octanol–water partition coefficient (Wildman–Crippen LogP) is -1.11. The highest BCUT2D eigenvalue weighted by Gasteiger charge is 2.44. The minimum atomic E-state index is -0.767. The second-order valence-electron chi connectivity index (χ2n) is 4.18. The van der Waals surface area contributed by atoms with E-state index in [0.717, 1.165) is 6.42 Å². The lowest BCUT2D eigenvalue weighted by Crippen LogP contribution is -2.49. The van der Waals surface area contributed by atoms with Crippen molar-refractivity contribution in [3.63, 3.8) is 0 Å². The summed E-state index contributed by atoms with van der Waals surface area (Å²) in [5.41, 5.74) is 0. The number of carboxylic acid groups (broad SMARTS) is 1. The van der Waals surface area contributed by atoms with Gasteiger partial charge in [-0.15, -0.1) is 0 Å². The molecule has 1 saturated heterocycles. The largest absolute Gasteiger partial charge is 0.481 e. The first-order valence-corrected chi connectivity index (χ1v) is 4.92. The van der Waals surface area contributed by atoms with E-state index in [1.54, 1.807) is 0 Å². The second kappa shape index (κ2) is 3.49. The Hall–Kier alpha value is -0.650. The first kappa shape index (κ1) is 9.89. The third-order valence-electron chi connectivity index (χ3n) is 3.31. The zero-order valence-corrected chi connectivity index (χ0v) is 7.83. The van der Waals surface area contributed by atoms with Gasteiger partial charge in [-0.2, -0.15) is 0 Å². The maximum atomic E-state index is 10.8. The first-order valence-electron chi connectivity index (χ1n) is 4.92. The van der Waals surface area contributed by atoms with E-state index < -0.39 is 18.2 Å². The molecule has 14 heavy (non-hydrogen) atoms. The Labute approximate surface area is 82.0 Å². The van der Waals surface area contributed by atoms with Gasteiger partial charge in [0, 0.05) is 19.1 Å². The van der Waals surface area contributed by atoms with Gasteiger partial charge in [-0.25, -0.2) is 0 Å². The molecule has 0 bridgehead atoms. The molecule has 0 spiro atoms. The standard InChI is InChI=1S/C9H15NO4/c11-7-3-10(4-8(7)12)6-2-1-5(6)9(13)14/h5-8,11-12H,1-4H2,(H,13,14). The molecule has 1 aliphatic heterocycles. The summed E-state index contributed by atoms with van der Waals surface area (Å²) in [6.45, 7) is 0.797. The van der Waals surface area contributed by atoms with Gasteiger partial charge >= 0.3 is 5.97 Å². The van der Waals surface area contributed by atoms with Crippen molar-refractivity contribution in [1.82, 2.24) is 4.90 Å². The quantitative estimate of drug-likeness (QED) is 0.527. The molecule has 1 heterocycles. The Morgan fingerprint density at radius 3 is 2.07 bits per heavy atom. The van der Waals surface area contributed by atoms with E-state index >= 15 is 0 Å². The maximum Gasteiger partial charge on any atom is 0.308 e. The van der Waals surface area contributed by atoms with E-state index in [1.165, 1.54) is 0 Å². The number of nitrogens with zero attached hydrogens (tertiary/aromatic N) is 1. The summed E-state index contributed by atoms with van der Waals surface area (Å²) in [4.78, 5) is 12.6. The number of carboxylic acids is 1. The summed E-state index contributed by atoms with van der Waals surface area (Å²) in [6.07, 6.45) is 0.133. The van der Waals surface area contributed by atoms with Gasteiger partial charge in [0.2, 0.25) is 0 Å². The number of aliphatic hydroxyl groups is 2. The van der Waals surface area contributed by atoms with Crippen LogP contribution in [0.5, 0.6) is 0 Å². The SMILES string of the molecule is O=C(O)C1CCC1N1CC(O)C(O)C1. The molecule has 5 nitrogen and oxygen atoms in total. The van der Waals surface area contributed by atoms with Gasteiger partial charge in [0.15, 0.2) is 0 Å². The summed E-state index contributed by atoms with van der Waals surface area (Å²) in [7, 11) is 0. The van der Waals surface area contributed by atoms with Crippen molar-refractivity contribution >= 4 is 5.97 Å². The molecule has 5 heteroatoms. The predicted molar refractivity (Wildman–Crippen MR) is 47.7 cm³/mol. The number of β-amino-alcohol motifs (C(OH)–C–C–N with tert-alkyl or cyclic N) is 2. The Balaban J connectivity index is 1.94. The summed E-state index contributed by atoms with van der Waals surface area (Å²) >= 11 is 0. The number of carbonyl (C=O) groups is 1. The van der Waals surface area contributed by atoms with E-state index in [2.05, 4.69) is 0 Å². The van der Waals surface area contributed by atoms with Crippen molar-refractivity contribution in [2.75, 3.05) is 13.1 Å². The molecular formula is C9H15NO4. The summed E-state index contributed by atoms with van der Waals surface area (Å²) in [6, 6.07) is 0.0132. The Morgan fingerprint density at radius 1 is 1.14 bits per heavy atom. The van der Waals surface area contributed by atoms with Crippen molar-refractivity contribution < 1.29 is 20.1 Å². The fourth-order valence-electron chi connectivity index (χ4n) is 2.28. The van der Waals surface area contributed by atoms with Crippen molar-refractivity contribution in [3.05, 3.63) is 0 Å². The number of aliphatic hydroxyl groups excluding tert-OH is 2. The van der Waals surface area contributed by atoms with Gasteiger partial charge in [-0.1, -0.05) is 0 Å². The lowest BCUT2D eigenvalue weighted by molar-refractivity contribution is -0.148. The molecule has 80 valence electrons. The van der Waals surface area contributed by atoms with Crippen molar-refractivity contribution in [3.8, 4) is 0 Å². The second-order valence-corrected chi connectivity index (χ2v) is 4.18. The molecule has 3 N–H and O–H groups in total. The molecule has 0 aromatic rings. The van der Waals surface area contributed by atoms with E-state index in [-0.39, 0.29) is 12.0 Å². The fourth-order valence-corrected chi connectivity index (χ4v) is 2.28. The molecule has 0 radical (unpaired) electrons. The zero-order chi connectivity index (χ0) is 10.3. The Kier molecular flexibility index (Phi) is 2.47. The van der Waals surface area contributed by atoms with Crippen LogP contribution in [0.2, 0.25) is 0 Å². The Morgan fingerprint density at radius 2 is 1.71 bits per heavy atom. The highest BCUT2D eigenvalue weighted by atomic mass is 16.4. The van der Waals surface area contributed by atoms with Crippen molar-refractivity contribution in [2.45, 2.75) is 31.1 Å². The van der Waals surface area contributed by atoms with Crippen LogP contribution in [0.3, 0.4) is 0 Å². The number of hydrogen-bond donors (Lipinski definition) is 3. The third kappa shape index (κ3) is 1.51. The van der Waals surface area contributed by atoms with Crippen LogP contribution in [-0.4, -0.2) is 57.5 Å². The average molecular weight is 201 g/mol. The van der Waals surface area contributed by atoms with Crippen LogP contribution in [0.25, 0.3) is 0 Å². The number of hydrogen-bond acceptors (Lipinski definition) is 4. The average Bonchev–Trinajstić information content (AvgIpc) is 2.27. The topological polar surface area (TPSA) is 81.0 Å². The fraction of sp³-hybridized carbons (Fsp3) is 0.889. The molecule has 1 aliphatic carbocycles. The van der Waals surface area contributed by atoms with Crippen LogP contribution in [-0.2, 0) is 4.79 Å². The minimum Gasteiger partial charge on any atom is -0.481 e. The number of likely N-dealkylation sites (tertiary alicyclic amines) is 1. The molecule has 0 amide bonds. The van der Waals surface area contributed by atoms with Crippen LogP contribution in [0.4, 0.5) is 0 Å². The smallest absolute Gasteiger partial charge is 0.308 e. The van der Waals surface area contributed by atoms with Gasteiger partial charge in [0.25, 0.3) is 0 Å². The lowest BCUT2D eigenvalue weighted by atomic mass is 9.78. The van der Waals surface area contributed by atoms with Crippen LogP contribution in [0, 0.1) is 5.92 Å². The van der Waals surface area contributed by atoms with Crippen LogP contribution >= 0.6 is 0 Å². The zero-order valence-electron chi connectivity index (χ0n) is 7.83. The van der Waals surface area contributed by atoms with E-state index in [0.29, 0.717) is 19.5 Å². The highest BCUT2D eigenvalue weighted by molar-refractivity contribution is 5.72. The van der Waals surface area contributed by atoms with Crippen LogP contribution in [0.1, 0.15) is 12.8 Å². The number of rotatable bonds is 2. The van der Waals surface area contributed by atoms with Gasteiger partial charge in [-0.3, -0.25) is 9.69 Å². The molecule has 2 rings (SSSR count). The van der Waals surface area contributed by atoms with Gasteiger partial charge in [0.1, 0.15) is 0 Å². The normalized spacial score (nSPS) is 43.6. The molecule has 2 fully saturated rings. The monoisotopic (exact) mass is 201 g/mol. The molecule has 0 aromatic heterocycles. The van der Waals surface area contributed by atoms with E-state index in [1.807, 2.05) is 4.90 Å². The Bertz CT molecular complexity index is 235. The van der Waals surface area contributed by atoms with E-state index in [4.69, 9.17) is 5.11 Å². The molecule has 4 unspecified atom stereocenters. The number of aliphatic carboxylic acids is 1. The minimum absolute atomic E-state index is 0.0132. The van der Waals surface area contributed by atoms with Gasteiger partial charge in [0.05, 0.1) is 18.1 Å². The third-order valence-corrected chi connectivity index (χ3v) is 3.31. The first-order chi connectivity index (χ1) is 6.59. The molecular weight excluding hydrogens is 186 g/mol. The molecule has 4 atom stereocenters. The molecule has 2 aliphatic rings.